The number of carboxylic acids is 2. The zero-order valence-corrected chi connectivity index (χ0v) is 28.0. The number of nitrogens with two attached hydrogens (primary N) is 1. The van der Waals surface area contributed by atoms with Gasteiger partial charge in [-0.05, 0) is 69.9 Å². The Hall–Kier alpha value is -4.16. The zero-order chi connectivity index (χ0) is 37.4. The Balaban J connectivity index is 0.00000295. The van der Waals surface area contributed by atoms with Crippen molar-refractivity contribution >= 4 is 30.0 Å². The molecule has 3 amide bonds. The maximum Gasteiger partial charge on any atom is 0.490 e. The second-order valence-corrected chi connectivity index (χ2v) is 11.2. The summed E-state index contributed by atoms with van der Waals surface area (Å²) in [6, 6.07) is 5.70. The van der Waals surface area contributed by atoms with E-state index in [1.54, 1.807) is 6.92 Å². The molecule has 0 aliphatic rings. The normalized spacial score (nSPS) is 13.5. The molecule has 1 aromatic rings. The van der Waals surface area contributed by atoms with Crippen LogP contribution in [0.25, 0.3) is 0 Å². The van der Waals surface area contributed by atoms with Crippen LogP contribution in [0.3, 0.4) is 0 Å². The summed E-state index contributed by atoms with van der Waals surface area (Å²) in [5.74, 6) is -4.33. The molecule has 0 radical (unpaired) electrons. The number of aliphatic carboxylic acids is 2. The van der Waals surface area contributed by atoms with Gasteiger partial charge < -0.3 is 46.5 Å². The molecule has 0 aliphatic heterocycles. The van der Waals surface area contributed by atoms with Gasteiger partial charge in [0.05, 0.1) is 12.6 Å². The number of hydrogen-bond acceptors (Lipinski definition) is 10. The lowest BCUT2D eigenvalue weighted by Crippen LogP contribution is -2.57. The highest BCUT2D eigenvalue weighted by atomic mass is 19.4. The average molecular weight is 710 g/mol. The number of alkyl carbamates (subject to hydrolysis) is 1. The van der Waals surface area contributed by atoms with Crippen molar-refractivity contribution in [1.82, 2.24) is 21.3 Å². The Labute approximate surface area is 283 Å². The van der Waals surface area contributed by atoms with Crippen LogP contribution in [-0.2, 0) is 30.5 Å². The van der Waals surface area contributed by atoms with E-state index in [4.69, 9.17) is 25.1 Å². The fourth-order valence-corrected chi connectivity index (χ4v) is 4.15. The monoisotopic (exact) mass is 709 g/mol. The molecule has 49 heavy (non-hydrogen) atoms. The smallest absolute Gasteiger partial charge is 0.480 e. The number of halogens is 3. The van der Waals surface area contributed by atoms with E-state index in [-0.39, 0.29) is 32.0 Å². The fraction of sp³-hybridized carbons (Fsp3) is 0.645. The van der Waals surface area contributed by atoms with Gasteiger partial charge in [0.1, 0.15) is 24.9 Å². The van der Waals surface area contributed by atoms with Crippen molar-refractivity contribution in [2.45, 2.75) is 103 Å². The quantitative estimate of drug-likeness (QED) is 0.0523. The Kier molecular flexibility index (Phi) is 22.8. The second-order valence-electron chi connectivity index (χ2n) is 11.2. The highest BCUT2D eigenvalue weighted by molar-refractivity contribution is 5.82. The molecule has 1 aromatic carbocycles. The van der Waals surface area contributed by atoms with Gasteiger partial charge in [-0.2, -0.15) is 13.2 Å². The summed E-state index contributed by atoms with van der Waals surface area (Å²) in [4.78, 5) is 57.8. The van der Waals surface area contributed by atoms with E-state index in [1.165, 1.54) is 0 Å². The molecule has 0 aromatic heterocycles. The fourth-order valence-electron chi connectivity index (χ4n) is 4.15. The van der Waals surface area contributed by atoms with Crippen LogP contribution in [0.15, 0.2) is 30.3 Å². The van der Waals surface area contributed by atoms with Crippen molar-refractivity contribution in [1.29, 1.82) is 0 Å². The predicted octanol–water partition coefficient (Wildman–Crippen LogP) is 2.85. The number of unbranched alkanes of at least 4 members (excludes halogenated alkanes) is 2. The minimum absolute atomic E-state index is 0.117. The Morgan fingerprint density at radius 3 is 2.04 bits per heavy atom. The number of ether oxygens (including phenoxy) is 2. The molecular weight excluding hydrogens is 659 g/mol. The molecule has 9 N–H and O–H groups in total. The third kappa shape index (κ3) is 22.2. The van der Waals surface area contributed by atoms with Crippen LogP contribution >= 0.6 is 0 Å². The standard InChI is InChI=1S/C29H49N5O8.C2HF3O2/c1-4-41-27(38)24(18-20(2)3)32-25(35)22(33-28(39)34-23(26(36)37)15-8-10-16-30)14-9-11-17-31-29(40)42-19-21-12-6-5-7-13-21;3-2(4,5)1(6)7/h5-7,12-13,20,22-25,32,35H,4,8-11,14-19,30H2,1-3H3,(H,31,40)(H,36,37)(H2,33,34,39);(H,6,7)/t22-,23+,24?,25?;/m1./s1. The van der Waals surface area contributed by atoms with Gasteiger partial charge in [0.25, 0.3) is 0 Å². The number of alkyl halides is 3. The van der Waals surface area contributed by atoms with Crippen LogP contribution in [-0.4, -0.2) is 95.6 Å². The number of benzene rings is 1. The first-order valence-corrected chi connectivity index (χ1v) is 15.9. The van der Waals surface area contributed by atoms with Crippen LogP contribution < -0.4 is 27.0 Å². The number of esters is 1. The highest BCUT2D eigenvalue weighted by Crippen LogP contribution is 2.13. The van der Waals surface area contributed by atoms with Crippen LogP contribution in [0.5, 0.6) is 0 Å². The summed E-state index contributed by atoms with van der Waals surface area (Å²) in [5, 5.41) is 38.3. The molecule has 2 unspecified atom stereocenters. The lowest BCUT2D eigenvalue weighted by Gasteiger charge is -2.29. The third-order valence-corrected chi connectivity index (χ3v) is 6.56. The number of rotatable bonds is 21. The van der Waals surface area contributed by atoms with Crippen LogP contribution in [0.4, 0.5) is 22.8 Å². The van der Waals surface area contributed by atoms with Crippen molar-refractivity contribution in [3.05, 3.63) is 35.9 Å². The molecule has 0 spiro atoms. The van der Waals surface area contributed by atoms with Crippen LogP contribution in [0, 0.1) is 5.92 Å². The summed E-state index contributed by atoms with van der Waals surface area (Å²) >= 11 is 0. The lowest BCUT2D eigenvalue weighted by atomic mass is 10.0. The molecule has 0 aliphatic carbocycles. The van der Waals surface area contributed by atoms with E-state index >= 15 is 0 Å². The van der Waals surface area contributed by atoms with Gasteiger partial charge in [0.2, 0.25) is 0 Å². The average Bonchev–Trinajstić information content (AvgIpc) is 3.02. The number of urea groups is 1. The van der Waals surface area contributed by atoms with E-state index < -0.39 is 60.6 Å². The SMILES string of the molecule is CCOC(=O)C(CC(C)C)NC(O)[C@@H](CCCCNC(=O)OCc1ccccc1)NC(=O)N[C@@H](CCCCN)C(=O)O.O=C(O)C(F)(F)F. The molecule has 0 fully saturated rings. The third-order valence-electron chi connectivity index (χ3n) is 6.56. The number of carbonyl (C=O) groups is 5. The molecule has 0 bridgehead atoms. The minimum Gasteiger partial charge on any atom is -0.480 e. The second kappa shape index (κ2) is 24.9. The molecule has 0 saturated carbocycles. The van der Waals surface area contributed by atoms with E-state index in [1.807, 2.05) is 44.2 Å². The summed E-state index contributed by atoms with van der Waals surface area (Å²) < 4.78 is 42.1. The molecule has 15 nitrogen and oxygen atoms in total. The Morgan fingerprint density at radius 2 is 1.51 bits per heavy atom. The maximum atomic E-state index is 12.8. The minimum atomic E-state index is -5.08. The van der Waals surface area contributed by atoms with Gasteiger partial charge in [0.15, 0.2) is 0 Å². The maximum absolute atomic E-state index is 12.8. The number of nitrogens with one attached hydrogen (secondary N) is 4. The van der Waals surface area contributed by atoms with Gasteiger partial charge in [-0.1, -0.05) is 44.2 Å². The van der Waals surface area contributed by atoms with E-state index in [9.17, 15) is 42.6 Å². The van der Waals surface area contributed by atoms with Gasteiger partial charge in [-0.15, -0.1) is 0 Å². The summed E-state index contributed by atoms with van der Waals surface area (Å²) in [6.07, 6.45) is -3.97. The number of aliphatic hydroxyl groups is 1. The molecule has 18 heteroatoms. The van der Waals surface area contributed by atoms with Crippen molar-refractivity contribution in [2.75, 3.05) is 19.7 Å². The topological polar surface area (TPSA) is 239 Å². The summed E-state index contributed by atoms with van der Waals surface area (Å²) in [7, 11) is 0. The number of carbonyl (C=O) groups excluding carboxylic acids is 3. The first kappa shape index (κ1) is 44.8. The number of hydrogen-bond donors (Lipinski definition) is 8. The summed E-state index contributed by atoms with van der Waals surface area (Å²) in [6.45, 7) is 6.58. The van der Waals surface area contributed by atoms with Crippen molar-refractivity contribution in [3.8, 4) is 0 Å². The molecule has 4 atom stereocenters. The van der Waals surface area contributed by atoms with E-state index in [0.29, 0.717) is 45.2 Å². The van der Waals surface area contributed by atoms with Crippen LogP contribution in [0.2, 0.25) is 0 Å². The predicted molar refractivity (Wildman–Crippen MR) is 171 cm³/mol. The molecule has 280 valence electrons. The van der Waals surface area contributed by atoms with Crippen molar-refractivity contribution in [2.24, 2.45) is 11.7 Å². The molecule has 0 heterocycles. The largest absolute Gasteiger partial charge is 0.490 e. The van der Waals surface area contributed by atoms with Gasteiger partial charge >= 0.3 is 36.2 Å². The van der Waals surface area contributed by atoms with Gasteiger partial charge in [0, 0.05) is 6.54 Å². The Morgan fingerprint density at radius 1 is 0.898 bits per heavy atom. The first-order valence-electron chi connectivity index (χ1n) is 15.9. The first-order chi connectivity index (χ1) is 23.0. The number of amides is 3. The Bertz CT molecular complexity index is 1130. The van der Waals surface area contributed by atoms with E-state index in [0.717, 1.165) is 5.56 Å². The highest BCUT2D eigenvalue weighted by Gasteiger charge is 2.38. The van der Waals surface area contributed by atoms with E-state index in [2.05, 4.69) is 21.3 Å². The molecule has 0 saturated heterocycles. The lowest BCUT2D eigenvalue weighted by molar-refractivity contribution is -0.192. The molecular formula is C31H50F3N5O10. The van der Waals surface area contributed by atoms with Crippen molar-refractivity contribution < 1.29 is 61.9 Å². The van der Waals surface area contributed by atoms with Crippen LogP contribution in [0.1, 0.15) is 71.3 Å². The molecule has 1 rings (SSSR count). The van der Waals surface area contributed by atoms with Gasteiger partial charge in [-0.25, -0.2) is 19.2 Å². The summed E-state index contributed by atoms with van der Waals surface area (Å²) in [5.41, 5.74) is 6.35. The van der Waals surface area contributed by atoms with Gasteiger partial charge in [-0.3, -0.25) is 10.1 Å². The zero-order valence-electron chi connectivity index (χ0n) is 28.0. The number of carboxylic acid groups (broad SMARTS) is 2. The van der Waals surface area contributed by atoms with Crippen molar-refractivity contribution in [3.63, 3.8) is 0 Å². The number of aliphatic hydroxyl groups excluding tert-OH is 1.